The van der Waals surface area contributed by atoms with Crippen LogP contribution in [0.25, 0.3) is 6.08 Å². The van der Waals surface area contributed by atoms with Gasteiger partial charge < -0.3 is 14.8 Å². The number of unbranched alkanes of at least 4 members (excludes halogenated alkanes) is 4. The summed E-state index contributed by atoms with van der Waals surface area (Å²) < 4.78 is 10.4. The van der Waals surface area contributed by atoms with Crippen LogP contribution >= 0.6 is 0 Å². The van der Waals surface area contributed by atoms with Gasteiger partial charge in [0.15, 0.2) is 11.5 Å². The molecule has 1 rings (SSSR count). The molecule has 1 N–H and O–H groups in total. The number of methoxy groups -OCH3 is 2. The van der Waals surface area contributed by atoms with E-state index >= 15 is 0 Å². The smallest absolute Gasteiger partial charge is 0.243 e. The van der Waals surface area contributed by atoms with Crippen molar-refractivity contribution < 1.29 is 14.3 Å². The molecular weight excluding hydrogens is 278 g/mol. The normalized spacial score (nSPS) is 10.7. The van der Waals surface area contributed by atoms with Crippen molar-refractivity contribution in [1.82, 2.24) is 5.32 Å². The molecule has 1 aromatic carbocycles. The molecule has 0 saturated carbocycles. The fraction of sp³-hybridized carbons (Fsp3) is 0.500. The van der Waals surface area contributed by atoms with E-state index in [1.54, 1.807) is 26.4 Å². The monoisotopic (exact) mass is 305 g/mol. The third kappa shape index (κ3) is 6.66. The van der Waals surface area contributed by atoms with Gasteiger partial charge in [-0.3, -0.25) is 4.79 Å². The summed E-state index contributed by atoms with van der Waals surface area (Å²) in [7, 11) is 3.19. The highest BCUT2D eigenvalue weighted by atomic mass is 16.5. The average molecular weight is 305 g/mol. The van der Waals surface area contributed by atoms with Crippen molar-refractivity contribution in [2.24, 2.45) is 0 Å². The molecule has 0 unspecified atom stereocenters. The number of rotatable bonds is 10. The lowest BCUT2D eigenvalue weighted by molar-refractivity contribution is -0.116. The second-order valence-electron chi connectivity index (χ2n) is 5.15. The summed E-state index contributed by atoms with van der Waals surface area (Å²) in [6, 6.07) is 5.55. The van der Waals surface area contributed by atoms with Crippen molar-refractivity contribution in [3.63, 3.8) is 0 Å². The van der Waals surface area contributed by atoms with Gasteiger partial charge in [-0.05, 0) is 30.2 Å². The highest BCUT2D eigenvalue weighted by Gasteiger charge is 2.03. The van der Waals surface area contributed by atoms with Crippen LogP contribution in [0, 0.1) is 0 Å². The number of amides is 1. The molecule has 0 atom stereocenters. The van der Waals surface area contributed by atoms with Gasteiger partial charge in [0, 0.05) is 12.6 Å². The zero-order valence-electron chi connectivity index (χ0n) is 13.9. The van der Waals surface area contributed by atoms with E-state index in [0.29, 0.717) is 11.5 Å². The Kier molecular flexibility index (Phi) is 8.80. The van der Waals surface area contributed by atoms with Gasteiger partial charge in [-0.1, -0.05) is 38.7 Å². The van der Waals surface area contributed by atoms with Crippen molar-refractivity contribution in [1.29, 1.82) is 0 Å². The highest BCUT2D eigenvalue weighted by molar-refractivity contribution is 5.91. The number of carbonyl (C=O) groups is 1. The number of hydrogen-bond acceptors (Lipinski definition) is 3. The van der Waals surface area contributed by atoms with Crippen molar-refractivity contribution in [3.8, 4) is 11.5 Å². The Hall–Kier alpha value is -1.97. The van der Waals surface area contributed by atoms with Crippen molar-refractivity contribution in [2.45, 2.75) is 39.0 Å². The van der Waals surface area contributed by atoms with E-state index < -0.39 is 0 Å². The van der Waals surface area contributed by atoms with E-state index in [2.05, 4.69) is 12.2 Å². The lowest BCUT2D eigenvalue weighted by Crippen LogP contribution is -2.21. The molecule has 1 aromatic rings. The van der Waals surface area contributed by atoms with Crippen molar-refractivity contribution in [2.75, 3.05) is 20.8 Å². The van der Waals surface area contributed by atoms with Gasteiger partial charge in [-0.15, -0.1) is 0 Å². The third-order valence-electron chi connectivity index (χ3n) is 3.41. The molecular formula is C18H27NO3. The lowest BCUT2D eigenvalue weighted by Gasteiger charge is -2.07. The summed E-state index contributed by atoms with van der Waals surface area (Å²) in [5, 5.41) is 2.90. The van der Waals surface area contributed by atoms with Gasteiger partial charge in [0.2, 0.25) is 5.91 Å². The van der Waals surface area contributed by atoms with Crippen LogP contribution in [0.2, 0.25) is 0 Å². The van der Waals surface area contributed by atoms with Crippen molar-refractivity contribution in [3.05, 3.63) is 29.8 Å². The van der Waals surface area contributed by atoms with Crippen LogP contribution in [0.1, 0.15) is 44.6 Å². The Bertz CT molecular complexity index is 483. The topological polar surface area (TPSA) is 47.6 Å². The predicted octanol–water partition coefficient (Wildman–Crippen LogP) is 3.80. The molecule has 0 spiro atoms. The first kappa shape index (κ1) is 18.1. The minimum atomic E-state index is -0.0646. The molecule has 0 aliphatic rings. The van der Waals surface area contributed by atoms with Gasteiger partial charge in [-0.25, -0.2) is 0 Å². The Morgan fingerprint density at radius 1 is 1.09 bits per heavy atom. The lowest BCUT2D eigenvalue weighted by atomic mass is 10.1. The largest absolute Gasteiger partial charge is 0.493 e. The van der Waals surface area contributed by atoms with E-state index in [0.717, 1.165) is 18.5 Å². The second kappa shape index (κ2) is 10.7. The van der Waals surface area contributed by atoms with Crippen molar-refractivity contribution >= 4 is 12.0 Å². The SMILES string of the molecule is CCCCCCCNC(=O)C=Cc1ccc(OC)c(OC)c1. The molecule has 0 bridgehead atoms. The van der Waals surface area contributed by atoms with Crippen LogP contribution in [0.15, 0.2) is 24.3 Å². The molecule has 0 heterocycles. The maximum atomic E-state index is 11.7. The minimum Gasteiger partial charge on any atom is -0.493 e. The number of ether oxygens (including phenoxy) is 2. The number of hydrogen-bond donors (Lipinski definition) is 1. The van der Waals surface area contributed by atoms with E-state index in [-0.39, 0.29) is 5.91 Å². The zero-order chi connectivity index (χ0) is 16.2. The Morgan fingerprint density at radius 3 is 2.50 bits per heavy atom. The zero-order valence-corrected chi connectivity index (χ0v) is 13.9. The number of nitrogens with one attached hydrogen (secondary N) is 1. The average Bonchev–Trinajstić information content (AvgIpc) is 2.55. The fourth-order valence-electron chi connectivity index (χ4n) is 2.13. The Morgan fingerprint density at radius 2 is 1.82 bits per heavy atom. The molecule has 0 aliphatic heterocycles. The first-order valence-electron chi connectivity index (χ1n) is 7.89. The van der Waals surface area contributed by atoms with E-state index in [9.17, 15) is 4.79 Å². The van der Waals surface area contributed by atoms with Crippen LogP contribution < -0.4 is 14.8 Å². The third-order valence-corrected chi connectivity index (χ3v) is 3.41. The van der Waals surface area contributed by atoms with Gasteiger partial charge in [-0.2, -0.15) is 0 Å². The number of carbonyl (C=O) groups excluding carboxylic acids is 1. The number of benzene rings is 1. The molecule has 0 aliphatic carbocycles. The van der Waals surface area contributed by atoms with Gasteiger partial charge in [0.25, 0.3) is 0 Å². The minimum absolute atomic E-state index is 0.0646. The van der Waals surface area contributed by atoms with Gasteiger partial charge in [0.1, 0.15) is 0 Å². The van der Waals surface area contributed by atoms with E-state index in [1.807, 2.05) is 18.2 Å². The molecule has 122 valence electrons. The quantitative estimate of drug-likeness (QED) is 0.528. The van der Waals surface area contributed by atoms with Crippen LogP contribution in [-0.4, -0.2) is 26.7 Å². The fourth-order valence-corrected chi connectivity index (χ4v) is 2.13. The molecule has 0 saturated heterocycles. The van der Waals surface area contributed by atoms with Crippen LogP contribution in [-0.2, 0) is 4.79 Å². The Labute approximate surface area is 133 Å². The summed E-state index contributed by atoms with van der Waals surface area (Å²) in [6.45, 7) is 2.93. The molecule has 1 amide bonds. The Balaban J connectivity index is 2.39. The highest BCUT2D eigenvalue weighted by Crippen LogP contribution is 2.27. The van der Waals surface area contributed by atoms with Gasteiger partial charge >= 0.3 is 0 Å². The van der Waals surface area contributed by atoms with E-state index in [4.69, 9.17) is 9.47 Å². The predicted molar refractivity (Wildman–Crippen MR) is 90.3 cm³/mol. The van der Waals surface area contributed by atoms with Crippen LogP contribution in [0.3, 0.4) is 0 Å². The first-order chi connectivity index (χ1) is 10.7. The molecule has 0 aromatic heterocycles. The summed E-state index contributed by atoms with van der Waals surface area (Å²) in [4.78, 5) is 11.7. The standard InChI is InChI=1S/C18H27NO3/c1-4-5-6-7-8-13-19-18(20)12-10-15-9-11-16(21-2)17(14-15)22-3/h9-12,14H,4-8,13H2,1-3H3,(H,19,20). The molecule has 4 heteroatoms. The van der Waals surface area contributed by atoms with Gasteiger partial charge in [0.05, 0.1) is 14.2 Å². The molecule has 4 nitrogen and oxygen atoms in total. The maximum absolute atomic E-state index is 11.7. The van der Waals surface area contributed by atoms with Crippen LogP contribution in [0.5, 0.6) is 11.5 Å². The van der Waals surface area contributed by atoms with Crippen LogP contribution in [0.4, 0.5) is 0 Å². The summed E-state index contributed by atoms with van der Waals surface area (Å²) >= 11 is 0. The summed E-state index contributed by atoms with van der Waals surface area (Å²) in [5.74, 6) is 1.27. The maximum Gasteiger partial charge on any atom is 0.243 e. The molecule has 22 heavy (non-hydrogen) atoms. The summed E-state index contributed by atoms with van der Waals surface area (Å²) in [5.41, 5.74) is 0.899. The molecule has 0 radical (unpaired) electrons. The second-order valence-corrected chi connectivity index (χ2v) is 5.15. The van der Waals surface area contributed by atoms with E-state index in [1.165, 1.54) is 25.7 Å². The molecule has 0 fully saturated rings. The first-order valence-corrected chi connectivity index (χ1v) is 7.89. The summed E-state index contributed by atoms with van der Waals surface area (Å²) in [6.07, 6.45) is 9.28.